The van der Waals surface area contributed by atoms with Crippen LogP contribution in [0, 0.1) is 5.92 Å². The van der Waals surface area contributed by atoms with Gasteiger partial charge in [-0.2, -0.15) is 8.78 Å². The number of nitrogens with one attached hydrogen (secondary N) is 1. The van der Waals surface area contributed by atoms with Crippen molar-refractivity contribution in [3.8, 4) is 5.75 Å². The Morgan fingerprint density at radius 1 is 1.42 bits per heavy atom. The summed E-state index contributed by atoms with van der Waals surface area (Å²) in [7, 11) is 1.71. The van der Waals surface area contributed by atoms with Crippen LogP contribution in [0.1, 0.15) is 18.9 Å². The normalized spacial score (nSPS) is 18.3. The van der Waals surface area contributed by atoms with Gasteiger partial charge in [-0.05, 0) is 19.4 Å². The number of hydrogen-bond donors (Lipinski definition) is 1. The molecule has 1 heterocycles. The molecule has 0 amide bonds. The first kappa shape index (κ1) is 18.4. The lowest BCUT2D eigenvalue weighted by molar-refractivity contribution is -0.0504. The van der Waals surface area contributed by atoms with Crippen molar-refractivity contribution in [2.75, 3.05) is 33.4 Å². The minimum absolute atomic E-state index is 0.172. The molecule has 1 unspecified atom stereocenters. The van der Waals surface area contributed by atoms with Crippen molar-refractivity contribution in [2.45, 2.75) is 26.5 Å². The number of rotatable bonds is 7. The Kier molecular flexibility index (Phi) is 7.24. The van der Waals surface area contributed by atoms with Crippen LogP contribution in [0.25, 0.3) is 0 Å². The van der Waals surface area contributed by atoms with Crippen LogP contribution in [0.3, 0.4) is 0 Å². The van der Waals surface area contributed by atoms with Crippen molar-refractivity contribution < 1.29 is 18.3 Å². The molecule has 1 aromatic carbocycles. The highest BCUT2D eigenvalue weighted by Gasteiger charge is 2.24. The van der Waals surface area contributed by atoms with Gasteiger partial charge in [0.25, 0.3) is 0 Å². The van der Waals surface area contributed by atoms with Crippen LogP contribution in [-0.2, 0) is 11.3 Å². The van der Waals surface area contributed by atoms with Gasteiger partial charge in [0, 0.05) is 38.2 Å². The molecule has 0 spiro atoms. The minimum atomic E-state index is -2.84. The summed E-state index contributed by atoms with van der Waals surface area (Å²) in [6.07, 6.45) is 1.06. The van der Waals surface area contributed by atoms with Crippen molar-refractivity contribution >= 4 is 5.96 Å². The summed E-state index contributed by atoms with van der Waals surface area (Å²) in [5, 5.41) is 3.26. The molecule has 0 aromatic heterocycles. The van der Waals surface area contributed by atoms with Gasteiger partial charge in [-0.3, -0.25) is 0 Å². The number of alkyl halides is 2. The maximum Gasteiger partial charge on any atom is 0.387 e. The van der Waals surface area contributed by atoms with E-state index in [0.29, 0.717) is 11.5 Å². The number of nitrogens with zero attached hydrogens (tertiary/aromatic N) is 2. The summed E-state index contributed by atoms with van der Waals surface area (Å²) in [5.41, 5.74) is 0.640. The Morgan fingerprint density at radius 2 is 2.21 bits per heavy atom. The molecule has 134 valence electrons. The maximum atomic E-state index is 12.5. The monoisotopic (exact) mass is 341 g/mol. The Morgan fingerprint density at radius 3 is 2.92 bits per heavy atom. The fourth-order valence-electron chi connectivity index (χ4n) is 2.83. The molecule has 7 heteroatoms. The van der Waals surface area contributed by atoms with E-state index in [1.165, 1.54) is 6.07 Å². The Labute approximate surface area is 141 Å². The van der Waals surface area contributed by atoms with Gasteiger partial charge in [-0.15, -0.1) is 0 Å². The maximum absolute atomic E-state index is 12.5. The van der Waals surface area contributed by atoms with E-state index in [-0.39, 0.29) is 12.3 Å². The highest BCUT2D eigenvalue weighted by Crippen LogP contribution is 2.22. The van der Waals surface area contributed by atoms with Crippen LogP contribution in [0.2, 0.25) is 0 Å². The van der Waals surface area contributed by atoms with Crippen LogP contribution in [0.4, 0.5) is 8.78 Å². The van der Waals surface area contributed by atoms with Gasteiger partial charge in [0.2, 0.25) is 0 Å². The average Bonchev–Trinajstić information content (AvgIpc) is 3.01. The van der Waals surface area contributed by atoms with Crippen LogP contribution >= 0.6 is 0 Å². The molecular weight excluding hydrogens is 316 g/mol. The predicted octanol–water partition coefficient (Wildman–Crippen LogP) is 2.72. The molecule has 5 nitrogen and oxygen atoms in total. The van der Waals surface area contributed by atoms with E-state index in [0.717, 1.165) is 38.6 Å². The number of para-hydroxylation sites is 1. The van der Waals surface area contributed by atoms with E-state index in [1.807, 2.05) is 6.92 Å². The molecule has 1 aliphatic heterocycles. The summed E-state index contributed by atoms with van der Waals surface area (Å²) < 4.78 is 34.8. The highest BCUT2D eigenvalue weighted by atomic mass is 19.3. The smallest absolute Gasteiger partial charge is 0.387 e. The standard InChI is InChI=1S/C17H25F2N3O2/c1-3-20-17(22-9-8-13(11-22)12-23-2)21-10-14-6-4-5-7-15(14)24-16(18)19/h4-7,13,16H,3,8-12H2,1-2H3,(H,20,21). The van der Waals surface area contributed by atoms with E-state index in [4.69, 9.17) is 4.74 Å². The lowest BCUT2D eigenvalue weighted by atomic mass is 10.1. The second-order valence-electron chi connectivity index (χ2n) is 5.71. The zero-order valence-corrected chi connectivity index (χ0v) is 14.2. The number of likely N-dealkylation sites (tertiary alicyclic amines) is 1. The van der Waals surface area contributed by atoms with Crippen molar-refractivity contribution in [3.05, 3.63) is 29.8 Å². The molecule has 1 atom stereocenters. The number of aliphatic imine (C=N–C) groups is 1. The molecule has 1 N–H and O–H groups in total. The summed E-state index contributed by atoms with van der Waals surface area (Å²) >= 11 is 0. The summed E-state index contributed by atoms with van der Waals surface area (Å²) in [6, 6.07) is 6.75. The van der Waals surface area contributed by atoms with Gasteiger partial charge in [0.15, 0.2) is 5.96 Å². The van der Waals surface area contributed by atoms with Gasteiger partial charge < -0.3 is 19.7 Å². The lowest BCUT2D eigenvalue weighted by Crippen LogP contribution is -2.40. The largest absolute Gasteiger partial charge is 0.434 e. The van der Waals surface area contributed by atoms with Crippen molar-refractivity contribution in [3.63, 3.8) is 0 Å². The molecule has 1 saturated heterocycles. The Bertz CT molecular complexity index is 540. The van der Waals surface area contributed by atoms with Gasteiger partial charge in [0.1, 0.15) is 5.75 Å². The molecule has 1 aromatic rings. The van der Waals surface area contributed by atoms with Crippen LogP contribution in [0.15, 0.2) is 29.3 Å². The van der Waals surface area contributed by atoms with Gasteiger partial charge in [-0.25, -0.2) is 4.99 Å². The fraction of sp³-hybridized carbons (Fsp3) is 0.588. The third-order valence-electron chi connectivity index (χ3n) is 3.91. The highest BCUT2D eigenvalue weighted by molar-refractivity contribution is 5.80. The first-order chi connectivity index (χ1) is 11.6. The summed E-state index contributed by atoms with van der Waals surface area (Å²) in [5.74, 6) is 1.46. The van der Waals surface area contributed by atoms with Crippen molar-refractivity contribution in [1.82, 2.24) is 10.2 Å². The second kappa shape index (κ2) is 9.42. The molecule has 0 radical (unpaired) electrons. The molecule has 1 aliphatic rings. The first-order valence-electron chi connectivity index (χ1n) is 8.19. The van der Waals surface area contributed by atoms with Crippen LogP contribution in [-0.4, -0.2) is 50.8 Å². The molecule has 0 saturated carbocycles. The molecule has 2 rings (SSSR count). The Balaban J connectivity index is 2.06. The zero-order chi connectivity index (χ0) is 17.4. The quantitative estimate of drug-likeness (QED) is 0.612. The molecule has 0 bridgehead atoms. The van der Waals surface area contributed by atoms with Crippen LogP contribution < -0.4 is 10.1 Å². The molecule has 1 fully saturated rings. The van der Waals surface area contributed by atoms with E-state index < -0.39 is 6.61 Å². The van der Waals surface area contributed by atoms with Gasteiger partial charge >= 0.3 is 6.61 Å². The number of benzene rings is 1. The Hall–Kier alpha value is -1.89. The predicted molar refractivity (Wildman–Crippen MR) is 89.4 cm³/mol. The van der Waals surface area contributed by atoms with E-state index in [1.54, 1.807) is 25.3 Å². The average molecular weight is 341 g/mol. The van der Waals surface area contributed by atoms with Crippen molar-refractivity contribution in [2.24, 2.45) is 10.9 Å². The zero-order valence-electron chi connectivity index (χ0n) is 14.2. The van der Waals surface area contributed by atoms with Gasteiger partial charge in [-0.1, -0.05) is 18.2 Å². The SMILES string of the molecule is CCNC(=NCc1ccccc1OC(F)F)N1CCC(COC)C1. The van der Waals surface area contributed by atoms with E-state index in [9.17, 15) is 8.78 Å². The molecule has 0 aliphatic carbocycles. The third-order valence-corrected chi connectivity index (χ3v) is 3.91. The minimum Gasteiger partial charge on any atom is -0.434 e. The van der Waals surface area contributed by atoms with Gasteiger partial charge in [0.05, 0.1) is 13.2 Å². The number of ether oxygens (including phenoxy) is 2. The molecule has 24 heavy (non-hydrogen) atoms. The lowest BCUT2D eigenvalue weighted by Gasteiger charge is -2.21. The van der Waals surface area contributed by atoms with Crippen molar-refractivity contribution in [1.29, 1.82) is 0 Å². The van der Waals surface area contributed by atoms with E-state index >= 15 is 0 Å². The summed E-state index contributed by atoms with van der Waals surface area (Å²) in [4.78, 5) is 6.78. The number of methoxy groups -OCH3 is 1. The number of halogens is 2. The molecular formula is C17H25F2N3O2. The fourth-order valence-corrected chi connectivity index (χ4v) is 2.83. The van der Waals surface area contributed by atoms with Crippen LogP contribution in [0.5, 0.6) is 5.75 Å². The second-order valence-corrected chi connectivity index (χ2v) is 5.71. The third kappa shape index (κ3) is 5.33. The number of hydrogen-bond acceptors (Lipinski definition) is 3. The number of guanidine groups is 1. The van der Waals surface area contributed by atoms with E-state index in [2.05, 4.69) is 19.9 Å². The summed E-state index contributed by atoms with van der Waals surface area (Å²) in [6.45, 7) is 2.74. The topological polar surface area (TPSA) is 46.1 Å². The first-order valence-corrected chi connectivity index (χ1v) is 8.19.